The second-order valence-electron chi connectivity index (χ2n) is 4.79. The van der Waals surface area contributed by atoms with Crippen LogP contribution in [0.3, 0.4) is 0 Å². The topological polar surface area (TPSA) is 17.1 Å². The summed E-state index contributed by atoms with van der Waals surface area (Å²) in [6.45, 7) is 1.61. The molecule has 0 amide bonds. The van der Waals surface area contributed by atoms with Crippen LogP contribution in [-0.2, 0) is 4.79 Å². The Labute approximate surface area is 121 Å². The van der Waals surface area contributed by atoms with Gasteiger partial charge in [-0.25, -0.2) is 0 Å². The molecule has 1 heteroatoms. The number of hydrogen-bond donors (Lipinski definition) is 0. The highest BCUT2D eigenvalue weighted by Crippen LogP contribution is 2.27. The van der Waals surface area contributed by atoms with Gasteiger partial charge in [-0.3, -0.25) is 4.79 Å². The van der Waals surface area contributed by atoms with Crippen molar-refractivity contribution in [2.45, 2.75) is 19.8 Å². The summed E-state index contributed by atoms with van der Waals surface area (Å²) in [5.74, 6) is 1.48. The Morgan fingerprint density at radius 1 is 0.800 bits per heavy atom. The third-order valence-electron chi connectivity index (χ3n) is 3.14. The molecule has 1 nitrogen and oxygen atoms in total. The van der Waals surface area contributed by atoms with E-state index in [0.717, 1.165) is 6.42 Å². The Morgan fingerprint density at radius 2 is 1.25 bits per heavy atom. The average Bonchev–Trinajstić information content (AvgIpc) is 2.49. The van der Waals surface area contributed by atoms with Gasteiger partial charge >= 0.3 is 0 Å². The van der Waals surface area contributed by atoms with Crippen LogP contribution in [0.2, 0.25) is 0 Å². The molecule has 1 radical (unpaired) electrons. The van der Waals surface area contributed by atoms with Crippen LogP contribution in [0.1, 0.15) is 30.9 Å². The van der Waals surface area contributed by atoms with E-state index in [2.05, 4.69) is 54.6 Å². The van der Waals surface area contributed by atoms with Gasteiger partial charge in [0, 0.05) is 12.3 Å². The van der Waals surface area contributed by atoms with Gasteiger partial charge in [-0.15, -0.1) is 0 Å². The lowest BCUT2D eigenvalue weighted by Crippen LogP contribution is -2.00. The third-order valence-corrected chi connectivity index (χ3v) is 3.14. The molecule has 0 spiro atoms. The summed E-state index contributed by atoms with van der Waals surface area (Å²) in [7, 11) is 0. The van der Waals surface area contributed by atoms with Crippen LogP contribution in [0.4, 0.5) is 0 Å². The van der Waals surface area contributed by atoms with Gasteiger partial charge in [0.25, 0.3) is 0 Å². The number of ketones is 1. The van der Waals surface area contributed by atoms with Crippen molar-refractivity contribution in [2.24, 2.45) is 0 Å². The lowest BCUT2D eigenvalue weighted by molar-refractivity contribution is -0.116. The van der Waals surface area contributed by atoms with Crippen LogP contribution < -0.4 is 0 Å². The summed E-state index contributed by atoms with van der Waals surface area (Å²) in [6.07, 6.45) is 5.38. The second-order valence-corrected chi connectivity index (χ2v) is 4.79. The van der Waals surface area contributed by atoms with E-state index in [9.17, 15) is 4.79 Å². The molecule has 0 aromatic heterocycles. The molecule has 2 aromatic rings. The number of hydrogen-bond acceptors (Lipinski definition) is 1. The van der Waals surface area contributed by atoms with Gasteiger partial charge in [0.1, 0.15) is 5.78 Å². The molecular weight excluding hydrogens is 244 g/mol. The Hall–Kier alpha value is -2.15. The van der Waals surface area contributed by atoms with Crippen LogP contribution in [0.5, 0.6) is 0 Å². The maximum Gasteiger partial charge on any atom is 0.133 e. The first kappa shape index (κ1) is 14.3. The molecule has 0 bridgehead atoms. The number of carbonyl (C=O) groups is 1. The summed E-state index contributed by atoms with van der Waals surface area (Å²) >= 11 is 0. The third kappa shape index (κ3) is 4.20. The molecular formula is C19H19O. The first-order chi connectivity index (χ1) is 9.77. The molecule has 0 heterocycles. The fourth-order valence-electron chi connectivity index (χ4n) is 2.13. The van der Waals surface area contributed by atoms with Crippen molar-refractivity contribution in [1.29, 1.82) is 0 Å². The van der Waals surface area contributed by atoms with E-state index in [1.54, 1.807) is 6.92 Å². The Morgan fingerprint density at radius 3 is 1.70 bits per heavy atom. The predicted molar refractivity (Wildman–Crippen MR) is 83.4 cm³/mol. The van der Waals surface area contributed by atoms with Gasteiger partial charge < -0.3 is 0 Å². The van der Waals surface area contributed by atoms with E-state index in [-0.39, 0.29) is 5.78 Å². The summed E-state index contributed by atoms with van der Waals surface area (Å²) < 4.78 is 0. The minimum absolute atomic E-state index is 0.197. The van der Waals surface area contributed by atoms with Crippen molar-refractivity contribution in [2.75, 3.05) is 0 Å². The van der Waals surface area contributed by atoms with Crippen molar-refractivity contribution in [1.82, 2.24) is 0 Å². The van der Waals surface area contributed by atoms with Gasteiger partial charge in [-0.05, 0) is 24.5 Å². The second kappa shape index (κ2) is 7.44. The summed E-state index contributed by atoms with van der Waals surface area (Å²) in [6, 6.07) is 20.8. The van der Waals surface area contributed by atoms with Crippen LogP contribution in [0.15, 0.2) is 72.8 Å². The highest BCUT2D eigenvalue weighted by atomic mass is 16.1. The minimum atomic E-state index is 0.197. The van der Waals surface area contributed by atoms with Gasteiger partial charge in [0.15, 0.2) is 0 Å². The van der Waals surface area contributed by atoms with E-state index in [1.807, 2.05) is 18.2 Å². The number of benzene rings is 2. The fourth-order valence-corrected chi connectivity index (χ4v) is 2.13. The van der Waals surface area contributed by atoms with Gasteiger partial charge in [-0.2, -0.15) is 0 Å². The quantitative estimate of drug-likeness (QED) is 0.697. The summed E-state index contributed by atoms with van der Waals surface area (Å²) in [5.41, 5.74) is 2.46. The molecule has 0 fully saturated rings. The highest BCUT2D eigenvalue weighted by Gasteiger charge is 2.12. The molecule has 0 aliphatic carbocycles. The molecule has 0 atom stereocenters. The van der Waals surface area contributed by atoms with Crippen LogP contribution in [0.25, 0.3) is 0 Å². The van der Waals surface area contributed by atoms with Gasteiger partial charge in [-0.1, -0.05) is 72.8 Å². The van der Waals surface area contributed by atoms with E-state index in [4.69, 9.17) is 0 Å². The number of Topliss-reactive ketones (excluding diaryl/α,β-unsaturated/α-hetero) is 1. The predicted octanol–water partition coefficient (Wildman–Crippen LogP) is 4.58. The van der Waals surface area contributed by atoms with Crippen molar-refractivity contribution in [3.8, 4) is 0 Å². The van der Waals surface area contributed by atoms with Crippen LogP contribution in [-0.4, -0.2) is 5.78 Å². The van der Waals surface area contributed by atoms with E-state index < -0.39 is 0 Å². The first-order valence-corrected chi connectivity index (χ1v) is 6.88. The zero-order valence-electron chi connectivity index (χ0n) is 11.8. The molecule has 101 valence electrons. The highest BCUT2D eigenvalue weighted by molar-refractivity contribution is 5.76. The number of rotatable bonds is 6. The normalized spacial score (nSPS) is 11.1. The maximum atomic E-state index is 11.0. The smallest absolute Gasteiger partial charge is 0.133 e. The molecule has 0 aliphatic heterocycles. The van der Waals surface area contributed by atoms with Crippen LogP contribution >= 0.6 is 0 Å². The van der Waals surface area contributed by atoms with Crippen molar-refractivity contribution in [3.05, 3.63) is 89.9 Å². The van der Waals surface area contributed by atoms with E-state index in [0.29, 0.717) is 6.42 Å². The molecule has 2 aromatic carbocycles. The standard InChI is InChI=1S/C19H19O/c1-16(20)10-8-9-15-19(17-11-4-2-5-12-17)18-13-6-3-7-14-18/h2-9,11-14H,10,15H2,1H3/b9-8+. The zero-order valence-corrected chi connectivity index (χ0v) is 11.8. The van der Waals surface area contributed by atoms with Crippen LogP contribution in [0, 0.1) is 5.92 Å². The number of allylic oxidation sites excluding steroid dienone is 2. The molecule has 0 N–H and O–H groups in total. The Balaban J connectivity index is 2.17. The lowest BCUT2D eigenvalue weighted by Gasteiger charge is -2.15. The molecule has 20 heavy (non-hydrogen) atoms. The molecule has 2 rings (SSSR count). The minimum Gasteiger partial charge on any atom is -0.300 e. The molecule has 0 unspecified atom stereocenters. The number of carbonyl (C=O) groups excluding carboxylic acids is 1. The Bertz CT molecular complexity index is 515. The SMILES string of the molecule is CC(=O)C/C=C/C[C](c1ccccc1)c1ccccc1. The average molecular weight is 263 g/mol. The molecule has 0 saturated heterocycles. The molecule has 0 saturated carbocycles. The summed E-state index contributed by atoms with van der Waals surface area (Å²) in [5, 5.41) is 0. The van der Waals surface area contributed by atoms with Gasteiger partial charge in [0.2, 0.25) is 0 Å². The van der Waals surface area contributed by atoms with Crippen molar-refractivity contribution in [3.63, 3.8) is 0 Å². The molecule has 0 aliphatic rings. The summed E-state index contributed by atoms with van der Waals surface area (Å²) in [4.78, 5) is 11.0. The lowest BCUT2D eigenvalue weighted by atomic mass is 9.88. The van der Waals surface area contributed by atoms with Crippen molar-refractivity contribution < 1.29 is 4.79 Å². The zero-order chi connectivity index (χ0) is 14.2. The van der Waals surface area contributed by atoms with E-state index >= 15 is 0 Å². The van der Waals surface area contributed by atoms with E-state index in [1.165, 1.54) is 17.0 Å². The first-order valence-electron chi connectivity index (χ1n) is 6.88. The van der Waals surface area contributed by atoms with Gasteiger partial charge in [0.05, 0.1) is 0 Å². The Kier molecular flexibility index (Phi) is 5.31. The fraction of sp³-hybridized carbons (Fsp3) is 0.158. The monoisotopic (exact) mass is 263 g/mol. The largest absolute Gasteiger partial charge is 0.300 e. The van der Waals surface area contributed by atoms with Crippen molar-refractivity contribution >= 4 is 5.78 Å². The maximum absolute atomic E-state index is 11.0.